The second-order valence-corrected chi connectivity index (χ2v) is 8.86. The van der Waals surface area contributed by atoms with Gasteiger partial charge < -0.3 is 24.8 Å². The van der Waals surface area contributed by atoms with Gasteiger partial charge in [0.05, 0.1) is 30.8 Å². The van der Waals surface area contributed by atoms with Gasteiger partial charge in [0.2, 0.25) is 5.95 Å². The van der Waals surface area contributed by atoms with E-state index in [4.69, 9.17) is 25.8 Å². The van der Waals surface area contributed by atoms with Gasteiger partial charge in [-0.3, -0.25) is 9.50 Å². The van der Waals surface area contributed by atoms with Crippen molar-refractivity contribution in [1.82, 2.24) is 29.9 Å². The van der Waals surface area contributed by atoms with Crippen LogP contribution in [-0.4, -0.2) is 62.2 Å². The number of nitrogens with zero attached hydrogens (tertiary/aromatic N) is 4. The van der Waals surface area contributed by atoms with Crippen molar-refractivity contribution in [2.45, 2.75) is 50.3 Å². The number of alkyl halides is 1. The number of imidazole rings is 1. The van der Waals surface area contributed by atoms with Crippen molar-refractivity contribution in [3.63, 3.8) is 0 Å². The van der Waals surface area contributed by atoms with E-state index in [0.717, 1.165) is 12.8 Å². The third kappa shape index (κ3) is 4.45. The minimum absolute atomic E-state index is 0.0472. The van der Waals surface area contributed by atoms with E-state index < -0.39 is 24.5 Å². The largest absolute Gasteiger partial charge is 0.441 e. The number of ether oxygens (including phenoxy) is 3. The predicted octanol–water partition coefficient (Wildman–Crippen LogP) is 3.05. The van der Waals surface area contributed by atoms with E-state index in [1.165, 1.54) is 6.20 Å². The Balaban J connectivity index is 1.27. The van der Waals surface area contributed by atoms with Crippen LogP contribution in [0.1, 0.15) is 37.3 Å². The molecule has 1 amide bonds. The number of anilines is 2. The van der Waals surface area contributed by atoms with Crippen LogP contribution in [0.4, 0.5) is 21.0 Å². The lowest BCUT2D eigenvalue weighted by Crippen LogP contribution is -2.39. The average Bonchev–Trinajstić information content (AvgIpc) is 3.15. The minimum atomic E-state index is -1.54. The highest BCUT2D eigenvalue weighted by Crippen LogP contribution is 2.36. The molecule has 3 aromatic heterocycles. The van der Waals surface area contributed by atoms with E-state index in [9.17, 15) is 9.18 Å². The Morgan fingerprint density at radius 2 is 2.30 bits per heavy atom. The molecule has 3 aromatic rings. The number of alkyl carbamates (subject to hydrolysis) is 1. The standard InChI is InChI=1S/C20H23ClFN7O4/c1-20(3-4-20)26-19(30)33-13-9-32-16(15(13)22)12-5-14(28-27-12)25-18-23-6-11(21)17-24-10(8-31-2)7-29(17)18/h5-7,13,15-16H,3-4,8-9H2,1-2H3,(H,26,30)(H2,23,25,27,28)/t13-,15-,16-/m1/s1. The molecule has 2 aliphatic rings. The second kappa shape index (κ2) is 8.43. The SMILES string of the molecule is COCc1cn2c(Nc3cc([C@H]4OC[C@@H](OC(=O)NC5(C)CC5)[C@H]4F)[nH]n3)ncc(Cl)c2n1. The fourth-order valence-corrected chi connectivity index (χ4v) is 3.81. The van der Waals surface area contributed by atoms with Crippen molar-refractivity contribution in [3.8, 4) is 0 Å². The van der Waals surface area contributed by atoms with E-state index in [-0.39, 0.29) is 12.1 Å². The highest BCUT2D eigenvalue weighted by Gasteiger charge is 2.44. The summed E-state index contributed by atoms with van der Waals surface area (Å²) >= 11 is 6.21. The molecule has 0 unspecified atom stereocenters. The third-order valence-corrected chi connectivity index (χ3v) is 5.95. The number of carbonyl (C=O) groups is 1. The number of hydrogen-bond donors (Lipinski definition) is 3. The number of aromatic nitrogens is 5. The summed E-state index contributed by atoms with van der Waals surface area (Å²) in [6.45, 7) is 2.19. The van der Waals surface area contributed by atoms with Gasteiger partial charge in [-0.15, -0.1) is 0 Å². The van der Waals surface area contributed by atoms with Crippen LogP contribution in [0.5, 0.6) is 0 Å². The first-order valence-electron chi connectivity index (χ1n) is 10.4. The van der Waals surface area contributed by atoms with Crippen molar-refractivity contribution in [2.75, 3.05) is 19.0 Å². The number of fused-ring (bicyclic) bond motifs is 1. The Bertz CT molecular complexity index is 1180. The molecule has 11 nitrogen and oxygen atoms in total. The highest BCUT2D eigenvalue weighted by atomic mass is 35.5. The van der Waals surface area contributed by atoms with E-state index in [0.29, 0.717) is 40.4 Å². The van der Waals surface area contributed by atoms with Crippen LogP contribution in [0.15, 0.2) is 18.5 Å². The van der Waals surface area contributed by atoms with Gasteiger partial charge in [-0.05, 0) is 19.8 Å². The summed E-state index contributed by atoms with van der Waals surface area (Å²) < 4.78 is 32.5. The summed E-state index contributed by atoms with van der Waals surface area (Å²) in [5, 5.41) is 13.1. The van der Waals surface area contributed by atoms with Crippen LogP contribution in [-0.2, 0) is 20.8 Å². The molecule has 3 N–H and O–H groups in total. The molecule has 13 heteroatoms. The lowest BCUT2D eigenvalue weighted by Gasteiger charge is -2.17. The smallest absolute Gasteiger partial charge is 0.408 e. The molecule has 4 heterocycles. The van der Waals surface area contributed by atoms with Crippen LogP contribution >= 0.6 is 11.6 Å². The van der Waals surface area contributed by atoms with E-state index in [1.807, 2.05) is 6.92 Å². The fourth-order valence-electron chi connectivity index (χ4n) is 3.63. The monoisotopic (exact) mass is 479 g/mol. The van der Waals surface area contributed by atoms with Gasteiger partial charge in [0.1, 0.15) is 11.1 Å². The molecular formula is C20H23ClFN7O4. The normalized spacial score (nSPS) is 23.6. The Morgan fingerprint density at radius 3 is 3.06 bits per heavy atom. The molecule has 1 aliphatic heterocycles. The number of H-pyrrole nitrogens is 1. The first-order chi connectivity index (χ1) is 15.8. The van der Waals surface area contributed by atoms with E-state index in [1.54, 1.807) is 23.8 Å². The van der Waals surface area contributed by atoms with Crippen molar-refractivity contribution >= 4 is 35.1 Å². The second-order valence-electron chi connectivity index (χ2n) is 8.45. The van der Waals surface area contributed by atoms with Crippen molar-refractivity contribution < 1.29 is 23.4 Å². The summed E-state index contributed by atoms with van der Waals surface area (Å²) in [6.07, 6.45) is 0.879. The molecular weight excluding hydrogens is 457 g/mol. The quantitative estimate of drug-likeness (QED) is 0.471. The number of methoxy groups -OCH3 is 1. The molecule has 1 saturated carbocycles. The summed E-state index contributed by atoms with van der Waals surface area (Å²) in [6, 6.07) is 1.61. The zero-order chi connectivity index (χ0) is 23.2. The third-order valence-electron chi connectivity index (χ3n) is 5.68. The Hall–Kier alpha value is -2.96. The lowest BCUT2D eigenvalue weighted by atomic mass is 10.1. The molecule has 2 fully saturated rings. The van der Waals surface area contributed by atoms with Crippen molar-refractivity contribution in [3.05, 3.63) is 34.9 Å². The van der Waals surface area contributed by atoms with Gasteiger partial charge in [0, 0.05) is 24.9 Å². The number of rotatable bonds is 7. The molecule has 0 radical (unpaired) electrons. The number of aromatic amines is 1. The van der Waals surface area contributed by atoms with Gasteiger partial charge >= 0.3 is 6.09 Å². The van der Waals surface area contributed by atoms with Gasteiger partial charge in [0.15, 0.2) is 23.7 Å². The average molecular weight is 480 g/mol. The first-order valence-corrected chi connectivity index (χ1v) is 10.8. The van der Waals surface area contributed by atoms with Gasteiger partial charge in [-0.1, -0.05) is 11.6 Å². The maximum absolute atomic E-state index is 15.0. The Morgan fingerprint density at radius 1 is 1.48 bits per heavy atom. The molecule has 3 atom stereocenters. The Labute approximate surface area is 193 Å². The Kier molecular flexibility index (Phi) is 5.59. The van der Waals surface area contributed by atoms with Gasteiger partial charge in [-0.2, -0.15) is 5.10 Å². The molecule has 1 aliphatic carbocycles. The molecule has 0 spiro atoms. The summed E-state index contributed by atoms with van der Waals surface area (Å²) in [5.74, 6) is 0.806. The maximum Gasteiger partial charge on any atom is 0.408 e. The fraction of sp³-hybridized carbons (Fsp3) is 0.500. The van der Waals surface area contributed by atoms with Gasteiger partial charge in [0.25, 0.3) is 0 Å². The number of nitrogens with one attached hydrogen (secondary N) is 3. The number of carbonyl (C=O) groups excluding carboxylic acids is 1. The molecule has 0 bridgehead atoms. The zero-order valence-corrected chi connectivity index (χ0v) is 18.7. The number of halogens is 2. The number of amides is 1. The molecule has 5 rings (SSSR count). The maximum atomic E-state index is 15.0. The number of hydrogen-bond acceptors (Lipinski definition) is 8. The van der Waals surface area contributed by atoms with E-state index in [2.05, 4.69) is 30.8 Å². The lowest BCUT2D eigenvalue weighted by molar-refractivity contribution is 0.0604. The summed E-state index contributed by atoms with van der Waals surface area (Å²) in [7, 11) is 1.58. The minimum Gasteiger partial charge on any atom is -0.441 e. The van der Waals surface area contributed by atoms with Crippen molar-refractivity contribution in [2.24, 2.45) is 0 Å². The molecule has 0 aromatic carbocycles. The van der Waals surface area contributed by atoms with Gasteiger partial charge in [-0.25, -0.2) is 19.2 Å². The topological polar surface area (TPSA) is 128 Å². The van der Waals surface area contributed by atoms with Crippen LogP contribution < -0.4 is 10.6 Å². The van der Waals surface area contributed by atoms with Crippen molar-refractivity contribution in [1.29, 1.82) is 0 Å². The predicted molar refractivity (Wildman–Crippen MR) is 115 cm³/mol. The highest BCUT2D eigenvalue weighted by molar-refractivity contribution is 6.33. The van der Waals surface area contributed by atoms with E-state index >= 15 is 0 Å². The summed E-state index contributed by atoms with van der Waals surface area (Å²) in [5.41, 5.74) is 1.36. The van der Waals surface area contributed by atoms with Crippen LogP contribution in [0.2, 0.25) is 5.02 Å². The molecule has 33 heavy (non-hydrogen) atoms. The molecule has 176 valence electrons. The van der Waals surface area contributed by atoms with Crippen LogP contribution in [0, 0.1) is 0 Å². The summed E-state index contributed by atoms with van der Waals surface area (Å²) in [4.78, 5) is 20.7. The zero-order valence-electron chi connectivity index (χ0n) is 18.0. The van der Waals surface area contributed by atoms with Crippen LogP contribution in [0.25, 0.3) is 5.65 Å². The first kappa shape index (κ1) is 21.9. The molecule has 1 saturated heterocycles. The van der Waals surface area contributed by atoms with Crippen LogP contribution in [0.3, 0.4) is 0 Å².